The third-order valence-corrected chi connectivity index (χ3v) is 3.03. The van der Waals surface area contributed by atoms with E-state index in [2.05, 4.69) is 15.0 Å². The molecule has 3 nitrogen and oxygen atoms in total. The molecule has 2 rings (SSSR count). The highest BCUT2D eigenvalue weighted by atomic mass is 19.4. The Labute approximate surface area is 108 Å². The van der Waals surface area contributed by atoms with Gasteiger partial charge in [-0.25, -0.2) is 4.39 Å². The van der Waals surface area contributed by atoms with Gasteiger partial charge in [-0.05, 0) is 38.1 Å². The second kappa shape index (κ2) is 5.32. The van der Waals surface area contributed by atoms with Gasteiger partial charge in [0, 0.05) is 12.1 Å². The molecule has 1 aromatic rings. The molecular weight excluding hydrogens is 264 g/mol. The number of ether oxygens (including phenoxy) is 1. The molecule has 0 amide bonds. The molecule has 1 aliphatic heterocycles. The van der Waals surface area contributed by atoms with Crippen LogP contribution in [0.5, 0.6) is 5.75 Å². The standard InChI is InChI=1S/C12H14F4N2O/c13-11(3-5-17-6-4-11)7-9-1-2-10(8-18-9)19-12(14,15)16/h1-2,8,17H,3-7H2. The number of alkyl halides is 4. The van der Waals surface area contributed by atoms with Gasteiger partial charge in [-0.3, -0.25) is 4.98 Å². The van der Waals surface area contributed by atoms with Crippen LogP contribution in [0.15, 0.2) is 18.3 Å². The molecule has 106 valence electrons. The molecule has 0 unspecified atom stereocenters. The van der Waals surface area contributed by atoms with Crippen molar-refractivity contribution in [3.8, 4) is 5.75 Å². The van der Waals surface area contributed by atoms with Crippen molar-refractivity contribution in [1.29, 1.82) is 0 Å². The molecule has 1 N–H and O–H groups in total. The second-order valence-corrected chi connectivity index (χ2v) is 4.61. The van der Waals surface area contributed by atoms with Crippen molar-refractivity contribution in [2.24, 2.45) is 0 Å². The number of aromatic nitrogens is 1. The van der Waals surface area contributed by atoms with E-state index >= 15 is 0 Å². The third-order valence-electron chi connectivity index (χ3n) is 3.03. The molecule has 19 heavy (non-hydrogen) atoms. The van der Waals surface area contributed by atoms with Gasteiger partial charge in [0.05, 0.1) is 6.20 Å². The molecule has 1 aliphatic rings. The molecule has 0 aliphatic carbocycles. The van der Waals surface area contributed by atoms with Crippen LogP contribution in [-0.4, -0.2) is 30.1 Å². The number of halogens is 4. The van der Waals surface area contributed by atoms with Crippen molar-refractivity contribution in [3.05, 3.63) is 24.0 Å². The lowest BCUT2D eigenvalue weighted by Gasteiger charge is -2.29. The van der Waals surface area contributed by atoms with Crippen molar-refractivity contribution >= 4 is 0 Å². The molecule has 7 heteroatoms. The lowest BCUT2D eigenvalue weighted by molar-refractivity contribution is -0.274. The highest BCUT2D eigenvalue weighted by Gasteiger charge is 2.33. The largest absolute Gasteiger partial charge is 0.573 e. The maximum atomic E-state index is 14.3. The fourth-order valence-electron chi connectivity index (χ4n) is 2.09. The lowest BCUT2D eigenvalue weighted by Crippen LogP contribution is -2.40. The summed E-state index contributed by atoms with van der Waals surface area (Å²) in [4.78, 5) is 3.82. The molecule has 0 atom stereocenters. The van der Waals surface area contributed by atoms with Gasteiger partial charge in [0.15, 0.2) is 0 Å². The summed E-state index contributed by atoms with van der Waals surface area (Å²) in [5.41, 5.74) is -0.899. The number of pyridine rings is 1. The predicted molar refractivity (Wildman–Crippen MR) is 60.6 cm³/mol. The first kappa shape index (κ1) is 14.0. The molecule has 0 radical (unpaired) electrons. The van der Waals surface area contributed by atoms with E-state index in [0.29, 0.717) is 31.6 Å². The summed E-state index contributed by atoms with van der Waals surface area (Å²) in [7, 11) is 0. The molecule has 0 saturated carbocycles. The van der Waals surface area contributed by atoms with E-state index in [1.165, 1.54) is 6.07 Å². The Kier molecular flexibility index (Phi) is 3.93. The number of hydrogen-bond donors (Lipinski definition) is 1. The number of nitrogens with zero attached hydrogens (tertiary/aromatic N) is 1. The fourth-order valence-corrected chi connectivity index (χ4v) is 2.09. The average molecular weight is 278 g/mol. The van der Waals surface area contributed by atoms with Crippen molar-refractivity contribution in [3.63, 3.8) is 0 Å². The van der Waals surface area contributed by atoms with Crippen LogP contribution in [0.2, 0.25) is 0 Å². The maximum absolute atomic E-state index is 14.3. The Hall–Kier alpha value is -1.37. The third kappa shape index (κ3) is 4.34. The lowest BCUT2D eigenvalue weighted by atomic mass is 9.89. The summed E-state index contributed by atoms with van der Waals surface area (Å²) in [5, 5.41) is 3.06. The van der Waals surface area contributed by atoms with Crippen LogP contribution in [0.1, 0.15) is 18.5 Å². The molecular formula is C12H14F4N2O. The van der Waals surface area contributed by atoms with Gasteiger partial charge < -0.3 is 10.1 Å². The highest BCUT2D eigenvalue weighted by Crippen LogP contribution is 2.28. The Bertz CT molecular complexity index is 413. The van der Waals surface area contributed by atoms with Gasteiger partial charge in [0.2, 0.25) is 0 Å². The molecule has 2 heterocycles. The zero-order chi connectivity index (χ0) is 13.9. The van der Waals surface area contributed by atoms with Crippen LogP contribution >= 0.6 is 0 Å². The number of nitrogens with one attached hydrogen (secondary N) is 1. The summed E-state index contributed by atoms with van der Waals surface area (Å²) in [6.07, 6.45) is -2.89. The van der Waals surface area contributed by atoms with Gasteiger partial charge in [0.25, 0.3) is 0 Å². The average Bonchev–Trinajstić information content (AvgIpc) is 2.30. The minimum absolute atomic E-state index is 0.112. The fraction of sp³-hybridized carbons (Fsp3) is 0.583. The summed E-state index contributed by atoms with van der Waals surface area (Å²) in [5.74, 6) is -0.394. The Balaban J connectivity index is 1.98. The molecule has 1 aromatic heterocycles. The Morgan fingerprint density at radius 1 is 1.26 bits per heavy atom. The molecule has 0 spiro atoms. The number of rotatable bonds is 3. The highest BCUT2D eigenvalue weighted by molar-refractivity contribution is 5.21. The van der Waals surface area contributed by atoms with Crippen LogP contribution in [0.25, 0.3) is 0 Å². The van der Waals surface area contributed by atoms with E-state index in [4.69, 9.17) is 0 Å². The SMILES string of the molecule is FC1(Cc2ccc(OC(F)(F)F)cn2)CCNCC1. The van der Waals surface area contributed by atoms with E-state index in [-0.39, 0.29) is 6.42 Å². The Morgan fingerprint density at radius 2 is 1.95 bits per heavy atom. The van der Waals surface area contributed by atoms with Crippen molar-refractivity contribution in [2.75, 3.05) is 13.1 Å². The van der Waals surface area contributed by atoms with E-state index in [1.54, 1.807) is 0 Å². The van der Waals surface area contributed by atoms with Gasteiger partial charge in [-0.15, -0.1) is 13.2 Å². The van der Waals surface area contributed by atoms with E-state index < -0.39 is 17.8 Å². The predicted octanol–water partition coefficient (Wildman–Crippen LogP) is 2.61. The normalized spacial score (nSPS) is 19.2. The van der Waals surface area contributed by atoms with E-state index in [0.717, 1.165) is 12.3 Å². The van der Waals surface area contributed by atoms with Crippen molar-refractivity contribution in [1.82, 2.24) is 10.3 Å². The summed E-state index contributed by atoms with van der Waals surface area (Å²) in [6.45, 7) is 1.21. The van der Waals surface area contributed by atoms with Crippen LogP contribution in [0.4, 0.5) is 17.6 Å². The maximum Gasteiger partial charge on any atom is 0.573 e. The molecule has 1 fully saturated rings. The van der Waals surface area contributed by atoms with Crippen LogP contribution in [-0.2, 0) is 6.42 Å². The molecule has 0 bridgehead atoms. The minimum atomic E-state index is -4.74. The van der Waals surface area contributed by atoms with E-state index in [1.807, 2.05) is 0 Å². The first-order chi connectivity index (χ1) is 8.86. The summed E-state index contributed by atoms with van der Waals surface area (Å²) >= 11 is 0. The number of hydrogen-bond acceptors (Lipinski definition) is 3. The molecule has 1 saturated heterocycles. The summed E-state index contributed by atoms with van der Waals surface area (Å²) in [6, 6.07) is 2.52. The monoisotopic (exact) mass is 278 g/mol. The van der Waals surface area contributed by atoms with Gasteiger partial charge in [0.1, 0.15) is 11.4 Å². The van der Waals surface area contributed by atoms with Crippen LogP contribution in [0.3, 0.4) is 0 Å². The number of piperidine rings is 1. The minimum Gasteiger partial charge on any atom is -0.404 e. The van der Waals surface area contributed by atoms with Gasteiger partial charge in [-0.2, -0.15) is 0 Å². The van der Waals surface area contributed by atoms with Crippen molar-refractivity contribution in [2.45, 2.75) is 31.3 Å². The van der Waals surface area contributed by atoms with Gasteiger partial charge >= 0.3 is 6.36 Å². The zero-order valence-electron chi connectivity index (χ0n) is 10.1. The van der Waals surface area contributed by atoms with Gasteiger partial charge in [-0.1, -0.05) is 0 Å². The quantitative estimate of drug-likeness (QED) is 0.863. The smallest absolute Gasteiger partial charge is 0.404 e. The Morgan fingerprint density at radius 3 is 2.47 bits per heavy atom. The van der Waals surface area contributed by atoms with Crippen LogP contribution < -0.4 is 10.1 Å². The zero-order valence-corrected chi connectivity index (χ0v) is 10.1. The topological polar surface area (TPSA) is 34.1 Å². The van der Waals surface area contributed by atoms with E-state index in [9.17, 15) is 17.6 Å². The second-order valence-electron chi connectivity index (χ2n) is 4.61. The first-order valence-corrected chi connectivity index (χ1v) is 5.97. The van der Waals surface area contributed by atoms with Crippen molar-refractivity contribution < 1.29 is 22.3 Å². The van der Waals surface area contributed by atoms with Crippen LogP contribution in [0, 0.1) is 0 Å². The summed E-state index contributed by atoms with van der Waals surface area (Å²) < 4.78 is 53.9. The first-order valence-electron chi connectivity index (χ1n) is 5.97. The molecule has 0 aromatic carbocycles.